The molecule has 0 fully saturated rings. The number of hydrogen-bond donors (Lipinski definition) is 2. The molecule has 0 aliphatic carbocycles. The lowest BCUT2D eigenvalue weighted by Crippen LogP contribution is -2.03. The Morgan fingerprint density at radius 3 is 2.94 bits per heavy atom. The van der Waals surface area contributed by atoms with Gasteiger partial charge in [0.25, 0.3) is 0 Å². The van der Waals surface area contributed by atoms with Gasteiger partial charge in [-0.05, 0) is 26.0 Å². The van der Waals surface area contributed by atoms with Crippen molar-refractivity contribution in [2.75, 3.05) is 5.32 Å². The first-order valence-electron chi connectivity index (χ1n) is 5.69. The van der Waals surface area contributed by atoms with E-state index in [2.05, 4.69) is 25.3 Å². The van der Waals surface area contributed by atoms with Gasteiger partial charge >= 0.3 is 0 Å². The van der Waals surface area contributed by atoms with Gasteiger partial charge in [0.2, 0.25) is 0 Å². The first kappa shape index (κ1) is 10.8. The maximum atomic E-state index is 5.27. The number of hydrogen-bond acceptors (Lipinski definition) is 5. The van der Waals surface area contributed by atoms with Crippen LogP contribution in [0.2, 0.25) is 0 Å². The highest BCUT2D eigenvalue weighted by atomic mass is 16.3. The average molecular weight is 243 g/mol. The third kappa shape index (κ3) is 1.92. The number of H-pyrrole nitrogens is 1. The minimum Gasteiger partial charge on any atom is -0.467 e. The second-order valence-electron chi connectivity index (χ2n) is 4.07. The van der Waals surface area contributed by atoms with Crippen LogP contribution in [-0.2, 0) is 6.54 Å². The number of furan rings is 1. The fourth-order valence-corrected chi connectivity index (χ4v) is 1.83. The molecule has 18 heavy (non-hydrogen) atoms. The summed E-state index contributed by atoms with van der Waals surface area (Å²) in [5, 5.41) is 3.23. The van der Waals surface area contributed by atoms with E-state index in [9.17, 15) is 0 Å². The van der Waals surface area contributed by atoms with E-state index < -0.39 is 0 Å². The first-order chi connectivity index (χ1) is 8.72. The maximum Gasteiger partial charge on any atom is 0.183 e. The standard InChI is InChI=1S/C12H13N5O/c1-7-14-10-11(13-6-9-4-3-5-18-9)15-8(2)17-12(10)16-7/h3-5H,6H2,1-2H3,(H2,13,14,15,16,17). The third-order valence-corrected chi connectivity index (χ3v) is 2.59. The molecule has 0 amide bonds. The molecule has 3 heterocycles. The van der Waals surface area contributed by atoms with Gasteiger partial charge in [-0.2, -0.15) is 0 Å². The van der Waals surface area contributed by atoms with Crippen molar-refractivity contribution in [3.05, 3.63) is 35.8 Å². The van der Waals surface area contributed by atoms with Crippen molar-refractivity contribution in [2.24, 2.45) is 0 Å². The van der Waals surface area contributed by atoms with E-state index in [1.54, 1.807) is 6.26 Å². The van der Waals surface area contributed by atoms with Gasteiger partial charge in [-0.1, -0.05) is 0 Å². The van der Waals surface area contributed by atoms with Crippen LogP contribution in [0.1, 0.15) is 17.4 Å². The van der Waals surface area contributed by atoms with E-state index in [1.807, 2.05) is 26.0 Å². The molecule has 2 N–H and O–H groups in total. The van der Waals surface area contributed by atoms with Crippen LogP contribution < -0.4 is 5.32 Å². The molecule has 0 aromatic carbocycles. The molecule has 0 spiro atoms. The number of aryl methyl sites for hydroxylation is 2. The predicted molar refractivity (Wildman–Crippen MR) is 67.2 cm³/mol. The highest BCUT2D eigenvalue weighted by Gasteiger charge is 2.09. The molecule has 0 atom stereocenters. The molecular formula is C12H13N5O. The van der Waals surface area contributed by atoms with Crippen molar-refractivity contribution >= 4 is 17.0 Å². The molecule has 0 radical (unpaired) electrons. The Kier molecular flexibility index (Phi) is 2.47. The molecule has 0 saturated carbocycles. The first-order valence-corrected chi connectivity index (χ1v) is 5.69. The van der Waals surface area contributed by atoms with Gasteiger partial charge in [0, 0.05) is 0 Å². The second-order valence-corrected chi connectivity index (χ2v) is 4.07. The van der Waals surface area contributed by atoms with E-state index in [0.29, 0.717) is 18.0 Å². The van der Waals surface area contributed by atoms with Crippen LogP contribution in [0.5, 0.6) is 0 Å². The summed E-state index contributed by atoms with van der Waals surface area (Å²) in [6.07, 6.45) is 1.65. The SMILES string of the molecule is Cc1nc(NCc2ccco2)c2[nH]c(C)nc2n1. The number of fused-ring (bicyclic) bond motifs is 1. The topological polar surface area (TPSA) is 79.6 Å². The van der Waals surface area contributed by atoms with Crippen molar-refractivity contribution in [3.8, 4) is 0 Å². The Hall–Kier alpha value is -2.37. The van der Waals surface area contributed by atoms with Gasteiger partial charge in [0.15, 0.2) is 11.5 Å². The molecule has 92 valence electrons. The molecule has 3 aromatic rings. The van der Waals surface area contributed by atoms with Crippen LogP contribution in [0.3, 0.4) is 0 Å². The Morgan fingerprint density at radius 2 is 2.17 bits per heavy atom. The van der Waals surface area contributed by atoms with E-state index in [1.165, 1.54) is 0 Å². The van der Waals surface area contributed by atoms with Crippen molar-refractivity contribution < 1.29 is 4.42 Å². The lowest BCUT2D eigenvalue weighted by Gasteiger charge is -2.05. The fourth-order valence-electron chi connectivity index (χ4n) is 1.83. The van der Waals surface area contributed by atoms with Crippen LogP contribution >= 0.6 is 0 Å². The number of nitrogens with one attached hydrogen (secondary N) is 2. The summed E-state index contributed by atoms with van der Waals surface area (Å²) in [5.74, 6) is 3.12. The van der Waals surface area contributed by atoms with E-state index in [4.69, 9.17) is 4.42 Å². The molecule has 0 unspecified atom stereocenters. The molecule has 6 heteroatoms. The minimum atomic E-state index is 0.580. The number of imidazole rings is 1. The zero-order valence-corrected chi connectivity index (χ0v) is 10.2. The van der Waals surface area contributed by atoms with Crippen molar-refractivity contribution in [1.29, 1.82) is 0 Å². The van der Waals surface area contributed by atoms with Crippen LogP contribution in [0, 0.1) is 13.8 Å². The Labute approximate surface area is 103 Å². The number of aromatic nitrogens is 4. The molecular weight excluding hydrogens is 230 g/mol. The smallest absolute Gasteiger partial charge is 0.183 e. The zero-order valence-electron chi connectivity index (χ0n) is 10.2. The normalized spacial score (nSPS) is 11.0. The summed E-state index contributed by atoms with van der Waals surface area (Å²) in [6.45, 7) is 4.32. The summed E-state index contributed by atoms with van der Waals surface area (Å²) < 4.78 is 5.27. The van der Waals surface area contributed by atoms with Crippen molar-refractivity contribution in [3.63, 3.8) is 0 Å². The molecule has 6 nitrogen and oxygen atoms in total. The molecule has 0 saturated heterocycles. The highest BCUT2D eigenvalue weighted by molar-refractivity contribution is 5.82. The van der Waals surface area contributed by atoms with Crippen LogP contribution in [0.15, 0.2) is 22.8 Å². The van der Waals surface area contributed by atoms with E-state index in [0.717, 1.165) is 22.9 Å². The van der Waals surface area contributed by atoms with Gasteiger partial charge in [-0.15, -0.1) is 0 Å². The number of nitrogens with zero attached hydrogens (tertiary/aromatic N) is 3. The predicted octanol–water partition coefficient (Wildman–Crippen LogP) is 2.17. The zero-order chi connectivity index (χ0) is 12.5. The molecule has 0 aliphatic rings. The summed E-state index contributed by atoms with van der Waals surface area (Å²) in [7, 11) is 0. The lowest BCUT2D eigenvalue weighted by atomic mass is 10.4. The monoisotopic (exact) mass is 243 g/mol. The van der Waals surface area contributed by atoms with Crippen LogP contribution in [-0.4, -0.2) is 19.9 Å². The van der Waals surface area contributed by atoms with Gasteiger partial charge in [-0.25, -0.2) is 15.0 Å². The third-order valence-electron chi connectivity index (χ3n) is 2.59. The Balaban J connectivity index is 1.95. The number of aromatic amines is 1. The largest absolute Gasteiger partial charge is 0.467 e. The summed E-state index contributed by atoms with van der Waals surface area (Å²) >= 11 is 0. The van der Waals surface area contributed by atoms with Gasteiger partial charge in [0.1, 0.15) is 22.9 Å². The maximum absolute atomic E-state index is 5.27. The molecule has 0 aliphatic heterocycles. The van der Waals surface area contributed by atoms with Gasteiger partial charge < -0.3 is 14.7 Å². The Bertz CT molecular complexity index is 671. The van der Waals surface area contributed by atoms with Crippen molar-refractivity contribution in [2.45, 2.75) is 20.4 Å². The average Bonchev–Trinajstić information content (AvgIpc) is 2.93. The fraction of sp³-hybridized carbons (Fsp3) is 0.250. The van der Waals surface area contributed by atoms with Gasteiger partial charge in [0.05, 0.1) is 12.8 Å². The molecule has 3 rings (SSSR count). The van der Waals surface area contributed by atoms with Crippen LogP contribution in [0.25, 0.3) is 11.2 Å². The van der Waals surface area contributed by atoms with E-state index >= 15 is 0 Å². The lowest BCUT2D eigenvalue weighted by molar-refractivity contribution is 0.518. The number of anilines is 1. The minimum absolute atomic E-state index is 0.580. The van der Waals surface area contributed by atoms with Crippen LogP contribution in [0.4, 0.5) is 5.82 Å². The summed E-state index contributed by atoms with van der Waals surface area (Å²) in [4.78, 5) is 16.1. The quantitative estimate of drug-likeness (QED) is 0.737. The molecule has 0 bridgehead atoms. The summed E-state index contributed by atoms with van der Waals surface area (Å²) in [5.41, 5.74) is 1.51. The Morgan fingerprint density at radius 1 is 1.28 bits per heavy atom. The van der Waals surface area contributed by atoms with E-state index in [-0.39, 0.29) is 0 Å². The second kappa shape index (κ2) is 4.14. The van der Waals surface area contributed by atoms with Crippen molar-refractivity contribution in [1.82, 2.24) is 19.9 Å². The van der Waals surface area contributed by atoms with Gasteiger partial charge in [-0.3, -0.25) is 0 Å². The highest BCUT2D eigenvalue weighted by Crippen LogP contribution is 2.18. The summed E-state index contributed by atoms with van der Waals surface area (Å²) in [6, 6.07) is 3.77. The molecule has 3 aromatic heterocycles. The number of rotatable bonds is 3.